The van der Waals surface area contributed by atoms with E-state index in [4.69, 9.17) is 0 Å². The first-order valence-electron chi connectivity index (χ1n) is 5.85. The lowest BCUT2D eigenvalue weighted by Crippen LogP contribution is -2.44. The smallest absolute Gasteiger partial charge is 0.135 e. The first-order valence-corrected chi connectivity index (χ1v) is 5.85. The molecule has 2 heteroatoms. The molecule has 0 aromatic heterocycles. The van der Waals surface area contributed by atoms with Crippen LogP contribution in [0.5, 0.6) is 0 Å². The molecule has 13 heavy (non-hydrogen) atoms. The molecular formula is C11H23N2+. The van der Waals surface area contributed by atoms with E-state index < -0.39 is 0 Å². The van der Waals surface area contributed by atoms with Gasteiger partial charge in [-0.1, -0.05) is 6.92 Å². The Labute approximate surface area is 82.1 Å². The Morgan fingerprint density at radius 3 is 2.62 bits per heavy atom. The summed E-state index contributed by atoms with van der Waals surface area (Å²) in [7, 11) is 0. The molecule has 0 N–H and O–H groups in total. The summed E-state index contributed by atoms with van der Waals surface area (Å²) in [5.41, 5.74) is 0. The predicted molar refractivity (Wildman–Crippen MR) is 55.4 cm³/mol. The molecule has 2 rings (SSSR count). The van der Waals surface area contributed by atoms with Crippen molar-refractivity contribution >= 4 is 0 Å². The SMILES string of the molecule is CCCN1C[N+]2(CCCC2)CC1C. The molecule has 1 unspecified atom stereocenters. The van der Waals surface area contributed by atoms with Gasteiger partial charge in [0.15, 0.2) is 0 Å². The molecule has 2 aliphatic rings. The third kappa shape index (κ3) is 1.75. The molecule has 2 aliphatic heterocycles. The zero-order valence-corrected chi connectivity index (χ0v) is 9.13. The normalized spacial score (nSPS) is 33.2. The monoisotopic (exact) mass is 183 g/mol. The topological polar surface area (TPSA) is 3.24 Å². The summed E-state index contributed by atoms with van der Waals surface area (Å²) in [6.45, 7) is 11.7. The third-order valence-electron chi connectivity index (χ3n) is 3.78. The highest BCUT2D eigenvalue weighted by Crippen LogP contribution is 2.27. The van der Waals surface area contributed by atoms with E-state index in [1.165, 1.54) is 56.6 Å². The molecule has 76 valence electrons. The van der Waals surface area contributed by atoms with Crippen LogP contribution in [0.2, 0.25) is 0 Å². The number of quaternary nitrogens is 1. The van der Waals surface area contributed by atoms with Gasteiger partial charge in [0, 0.05) is 19.4 Å². The second-order valence-corrected chi connectivity index (χ2v) is 4.98. The number of hydrogen-bond donors (Lipinski definition) is 0. The van der Waals surface area contributed by atoms with Crippen molar-refractivity contribution < 1.29 is 4.48 Å². The maximum atomic E-state index is 2.69. The lowest BCUT2D eigenvalue weighted by Gasteiger charge is -2.28. The standard InChI is InChI=1S/C11H23N2/c1-3-6-12-10-13(9-11(12)2)7-4-5-8-13/h11H,3-10H2,1-2H3/q+1. The number of rotatable bonds is 2. The van der Waals surface area contributed by atoms with Crippen LogP contribution in [-0.2, 0) is 0 Å². The van der Waals surface area contributed by atoms with Gasteiger partial charge >= 0.3 is 0 Å². The Morgan fingerprint density at radius 1 is 1.31 bits per heavy atom. The van der Waals surface area contributed by atoms with Crippen molar-refractivity contribution in [3.63, 3.8) is 0 Å². The summed E-state index contributed by atoms with van der Waals surface area (Å²) in [5.74, 6) is 0. The van der Waals surface area contributed by atoms with E-state index in [1.807, 2.05) is 0 Å². The number of hydrogen-bond acceptors (Lipinski definition) is 1. The summed E-state index contributed by atoms with van der Waals surface area (Å²) in [4.78, 5) is 2.69. The van der Waals surface area contributed by atoms with Crippen LogP contribution in [0.1, 0.15) is 33.1 Å². The van der Waals surface area contributed by atoms with Crippen LogP contribution in [0.15, 0.2) is 0 Å². The molecule has 0 aliphatic carbocycles. The molecule has 0 aromatic carbocycles. The molecule has 2 nitrogen and oxygen atoms in total. The predicted octanol–water partition coefficient (Wildman–Crippen LogP) is 1.67. The van der Waals surface area contributed by atoms with Crippen LogP contribution in [0, 0.1) is 0 Å². The number of nitrogens with zero attached hydrogens (tertiary/aromatic N) is 2. The molecule has 0 radical (unpaired) electrons. The minimum atomic E-state index is 0.832. The fourth-order valence-electron chi connectivity index (χ4n) is 3.17. The highest BCUT2D eigenvalue weighted by atomic mass is 15.5. The van der Waals surface area contributed by atoms with Gasteiger partial charge in [0.25, 0.3) is 0 Å². The van der Waals surface area contributed by atoms with Gasteiger partial charge in [0.1, 0.15) is 6.67 Å². The van der Waals surface area contributed by atoms with Crippen molar-refractivity contribution in [1.29, 1.82) is 0 Å². The van der Waals surface area contributed by atoms with E-state index in [2.05, 4.69) is 18.7 Å². The second-order valence-electron chi connectivity index (χ2n) is 4.98. The summed E-state index contributed by atoms with van der Waals surface area (Å²) in [6.07, 6.45) is 4.24. The maximum Gasteiger partial charge on any atom is 0.135 e. The highest BCUT2D eigenvalue weighted by Gasteiger charge is 2.42. The minimum absolute atomic E-state index is 0.832. The molecule has 2 heterocycles. The summed E-state index contributed by atoms with van der Waals surface area (Å²) in [6, 6.07) is 0.832. The van der Waals surface area contributed by atoms with Gasteiger partial charge in [-0.2, -0.15) is 0 Å². The zero-order chi connectivity index (χ0) is 9.31. The van der Waals surface area contributed by atoms with Crippen LogP contribution < -0.4 is 0 Å². The molecule has 0 amide bonds. The van der Waals surface area contributed by atoms with E-state index >= 15 is 0 Å². The maximum absolute atomic E-state index is 2.69. The molecular weight excluding hydrogens is 160 g/mol. The Morgan fingerprint density at radius 2 is 2.00 bits per heavy atom. The van der Waals surface area contributed by atoms with Crippen molar-refractivity contribution in [2.24, 2.45) is 0 Å². The summed E-state index contributed by atoms with van der Waals surface area (Å²) < 4.78 is 1.42. The molecule has 1 spiro atoms. The first kappa shape index (κ1) is 9.47. The molecule has 0 aromatic rings. The fourth-order valence-corrected chi connectivity index (χ4v) is 3.17. The van der Waals surface area contributed by atoms with Crippen LogP contribution in [0.4, 0.5) is 0 Å². The Kier molecular flexibility index (Phi) is 2.61. The van der Waals surface area contributed by atoms with Gasteiger partial charge in [-0.05, 0) is 13.3 Å². The minimum Gasteiger partial charge on any atom is -0.310 e. The van der Waals surface area contributed by atoms with E-state index in [9.17, 15) is 0 Å². The van der Waals surface area contributed by atoms with Crippen LogP contribution in [-0.4, -0.2) is 48.3 Å². The van der Waals surface area contributed by atoms with Gasteiger partial charge in [-0.25, -0.2) is 4.90 Å². The van der Waals surface area contributed by atoms with Crippen molar-refractivity contribution in [1.82, 2.24) is 4.90 Å². The fraction of sp³-hybridized carbons (Fsp3) is 1.00. The Balaban J connectivity index is 1.97. The van der Waals surface area contributed by atoms with E-state index in [0.717, 1.165) is 6.04 Å². The van der Waals surface area contributed by atoms with Gasteiger partial charge in [0.05, 0.1) is 25.7 Å². The van der Waals surface area contributed by atoms with Crippen molar-refractivity contribution in [3.05, 3.63) is 0 Å². The summed E-state index contributed by atoms with van der Waals surface area (Å²) in [5, 5.41) is 0. The van der Waals surface area contributed by atoms with E-state index in [1.54, 1.807) is 0 Å². The highest BCUT2D eigenvalue weighted by molar-refractivity contribution is 4.73. The molecule has 0 saturated carbocycles. The lowest BCUT2D eigenvalue weighted by molar-refractivity contribution is -0.909. The van der Waals surface area contributed by atoms with Crippen LogP contribution in [0.3, 0.4) is 0 Å². The average molecular weight is 183 g/mol. The van der Waals surface area contributed by atoms with Gasteiger partial charge in [0.2, 0.25) is 0 Å². The lowest BCUT2D eigenvalue weighted by atomic mass is 10.3. The van der Waals surface area contributed by atoms with Gasteiger partial charge < -0.3 is 4.48 Å². The summed E-state index contributed by atoms with van der Waals surface area (Å²) >= 11 is 0. The van der Waals surface area contributed by atoms with Crippen LogP contribution >= 0.6 is 0 Å². The Hall–Kier alpha value is -0.0800. The molecule has 1 atom stereocenters. The largest absolute Gasteiger partial charge is 0.310 e. The van der Waals surface area contributed by atoms with Crippen molar-refractivity contribution in [3.8, 4) is 0 Å². The average Bonchev–Trinajstić information content (AvgIpc) is 2.63. The third-order valence-corrected chi connectivity index (χ3v) is 3.78. The zero-order valence-electron chi connectivity index (χ0n) is 9.13. The quantitative estimate of drug-likeness (QED) is 0.589. The van der Waals surface area contributed by atoms with Crippen molar-refractivity contribution in [2.45, 2.75) is 39.2 Å². The molecule has 2 fully saturated rings. The van der Waals surface area contributed by atoms with E-state index in [0.29, 0.717) is 0 Å². The first-order chi connectivity index (χ1) is 6.26. The Bertz CT molecular complexity index is 173. The van der Waals surface area contributed by atoms with Crippen LogP contribution in [0.25, 0.3) is 0 Å². The molecule has 2 saturated heterocycles. The van der Waals surface area contributed by atoms with Crippen molar-refractivity contribution in [2.75, 3.05) is 32.8 Å². The molecule has 0 bridgehead atoms. The second kappa shape index (κ2) is 3.58. The van der Waals surface area contributed by atoms with E-state index in [-0.39, 0.29) is 0 Å². The van der Waals surface area contributed by atoms with Gasteiger partial charge in [-0.15, -0.1) is 0 Å². The van der Waals surface area contributed by atoms with Gasteiger partial charge in [-0.3, -0.25) is 0 Å².